The fourth-order valence-electron chi connectivity index (χ4n) is 0.480. The van der Waals surface area contributed by atoms with E-state index in [1.54, 1.807) is 0 Å². The molecule has 0 aliphatic heterocycles. The fourth-order valence-corrected chi connectivity index (χ4v) is 0.480. The number of nitrogens with zero attached hydrogens (tertiary/aromatic N) is 2. The Bertz CT molecular complexity index is 333. The van der Waals surface area contributed by atoms with Crippen molar-refractivity contribution < 1.29 is 9.53 Å². The molecule has 0 saturated carbocycles. The van der Waals surface area contributed by atoms with Gasteiger partial charge in [-0.2, -0.15) is 9.97 Å². The number of rotatable bonds is 1. The van der Waals surface area contributed by atoms with Crippen LogP contribution in [0.15, 0.2) is 11.1 Å². The Hall–Kier alpha value is -1.92. The molecule has 0 fully saturated rings. The Kier molecular flexibility index (Phi) is 2.36. The number of aromatic amines is 1. The zero-order valence-electron chi connectivity index (χ0n) is 6.20. The summed E-state index contributed by atoms with van der Waals surface area (Å²) in [6, 6.07) is -0.186. The van der Waals surface area contributed by atoms with E-state index < -0.39 is 11.8 Å². The Labute approximate surface area is 66.8 Å². The summed E-state index contributed by atoms with van der Waals surface area (Å²) in [5.74, 6) is 0. The zero-order valence-corrected chi connectivity index (χ0v) is 6.20. The van der Waals surface area contributed by atoms with Gasteiger partial charge in [0.05, 0.1) is 0 Å². The molecule has 0 unspecified atom stereocenters. The molecule has 12 heavy (non-hydrogen) atoms. The van der Waals surface area contributed by atoms with Gasteiger partial charge in [0, 0.05) is 7.05 Å². The lowest BCUT2D eigenvalue weighted by atomic mass is 11.0. The van der Waals surface area contributed by atoms with Gasteiger partial charge in [-0.25, -0.2) is 9.59 Å². The maximum Gasteiger partial charge on any atom is 0.414 e. The first-order valence-corrected chi connectivity index (χ1v) is 3.03. The smallest absolute Gasteiger partial charge is 0.375 e. The topological polar surface area (TPSA) is 97.0 Å². The standard InChI is InChI=1S/C5H6N4O3/c1-6-5(11)12-4-8-2-7-3(10)9-4/h2H,1H3,(H,6,11)(H,7,8,9,10). The maximum atomic E-state index is 10.6. The van der Waals surface area contributed by atoms with Crippen molar-refractivity contribution in [1.82, 2.24) is 20.3 Å². The molecule has 2 N–H and O–H groups in total. The van der Waals surface area contributed by atoms with Crippen LogP contribution >= 0.6 is 0 Å². The Morgan fingerprint density at radius 2 is 2.42 bits per heavy atom. The normalized spacial score (nSPS) is 9.08. The van der Waals surface area contributed by atoms with Gasteiger partial charge in [-0.3, -0.25) is 4.98 Å². The average Bonchev–Trinajstić information content (AvgIpc) is 2.04. The maximum absolute atomic E-state index is 10.6. The van der Waals surface area contributed by atoms with Gasteiger partial charge in [0.2, 0.25) is 0 Å². The van der Waals surface area contributed by atoms with Crippen molar-refractivity contribution in [2.45, 2.75) is 0 Å². The molecule has 1 rings (SSSR count). The second kappa shape index (κ2) is 3.46. The number of carbonyl (C=O) groups is 1. The third kappa shape index (κ3) is 2.04. The second-order valence-electron chi connectivity index (χ2n) is 1.75. The van der Waals surface area contributed by atoms with Gasteiger partial charge >= 0.3 is 17.8 Å². The number of hydrogen-bond donors (Lipinski definition) is 2. The number of H-pyrrole nitrogens is 1. The molecule has 64 valence electrons. The quantitative estimate of drug-likeness (QED) is 0.556. The van der Waals surface area contributed by atoms with Crippen LogP contribution in [0, 0.1) is 0 Å². The number of amides is 1. The van der Waals surface area contributed by atoms with Gasteiger partial charge < -0.3 is 10.1 Å². The van der Waals surface area contributed by atoms with Crippen molar-refractivity contribution in [2.24, 2.45) is 0 Å². The Morgan fingerprint density at radius 3 is 3.00 bits per heavy atom. The SMILES string of the molecule is CNC(=O)Oc1ncnc(=O)[nH]1. The monoisotopic (exact) mass is 170 g/mol. The molecule has 0 spiro atoms. The van der Waals surface area contributed by atoms with Crippen LogP contribution in [-0.2, 0) is 0 Å². The average molecular weight is 170 g/mol. The van der Waals surface area contributed by atoms with E-state index in [0.717, 1.165) is 6.33 Å². The third-order valence-corrected chi connectivity index (χ3v) is 0.957. The van der Waals surface area contributed by atoms with Crippen molar-refractivity contribution in [2.75, 3.05) is 7.05 Å². The fraction of sp³-hybridized carbons (Fsp3) is 0.200. The highest BCUT2D eigenvalue weighted by Gasteiger charge is 2.01. The van der Waals surface area contributed by atoms with Gasteiger partial charge in [-0.15, -0.1) is 0 Å². The van der Waals surface area contributed by atoms with Gasteiger partial charge in [0.15, 0.2) is 0 Å². The molecule has 1 aromatic heterocycles. The van der Waals surface area contributed by atoms with Crippen molar-refractivity contribution >= 4 is 6.09 Å². The van der Waals surface area contributed by atoms with Crippen LogP contribution in [0.5, 0.6) is 6.01 Å². The van der Waals surface area contributed by atoms with E-state index in [-0.39, 0.29) is 6.01 Å². The van der Waals surface area contributed by atoms with Gasteiger partial charge in [0.1, 0.15) is 6.33 Å². The van der Waals surface area contributed by atoms with Crippen molar-refractivity contribution in [3.63, 3.8) is 0 Å². The van der Waals surface area contributed by atoms with E-state index in [0.29, 0.717) is 0 Å². The molecule has 7 heteroatoms. The highest BCUT2D eigenvalue weighted by molar-refractivity contribution is 5.68. The molecule has 0 radical (unpaired) electrons. The minimum Gasteiger partial charge on any atom is -0.375 e. The highest BCUT2D eigenvalue weighted by Crippen LogP contribution is 1.92. The summed E-state index contributed by atoms with van der Waals surface area (Å²) >= 11 is 0. The summed E-state index contributed by atoms with van der Waals surface area (Å²) in [5.41, 5.74) is -0.621. The van der Waals surface area contributed by atoms with Gasteiger partial charge in [-0.1, -0.05) is 0 Å². The first kappa shape index (κ1) is 8.18. The molecular weight excluding hydrogens is 164 g/mol. The number of carbonyl (C=O) groups excluding carboxylic acids is 1. The minimum atomic E-state index is -0.704. The molecule has 0 aliphatic carbocycles. The lowest BCUT2D eigenvalue weighted by Gasteiger charge is -1.98. The predicted molar refractivity (Wildman–Crippen MR) is 37.7 cm³/mol. The van der Waals surface area contributed by atoms with E-state index in [1.165, 1.54) is 7.05 Å². The second-order valence-corrected chi connectivity index (χ2v) is 1.75. The number of aromatic nitrogens is 3. The molecule has 7 nitrogen and oxygen atoms in total. The van der Waals surface area contributed by atoms with Gasteiger partial charge in [-0.05, 0) is 0 Å². The predicted octanol–water partition coefficient (Wildman–Crippen LogP) is -1.12. The molecule has 0 saturated heterocycles. The van der Waals surface area contributed by atoms with Crippen LogP contribution < -0.4 is 15.7 Å². The summed E-state index contributed by atoms with van der Waals surface area (Å²) in [5, 5.41) is 2.19. The summed E-state index contributed by atoms with van der Waals surface area (Å²) in [7, 11) is 1.39. The molecule has 1 heterocycles. The van der Waals surface area contributed by atoms with E-state index in [2.05, 4.69) is 25.0 Å². The summed E-state index contributed by atoms with van der Waals surface area (Å²) < 4.78 is 4.49. The van der Waals surface area contributed by atoms with Crippen molar-refractivity contribution in [3.05, 3.63) is 16.8 Å². The lowest BCUT2D eigenvalue weighted by molar-refractivity contribution is 0.198. The molecule has 0 bridgehead atoms. The third-order valence-electron chi connectivity index (χ3n) is 0.957. The van der Waals surface area contributed by atoms with Crippen LogP contribution in [0.2, 0.25) is 0 Å². The Morgan fingerprint density at radius 1 is 1.67 bits per heavy atom. The van der Waals surface area contributed by atoms with Crippen molar-refractivity contribution in [3.8, 4) is 6.01 Å². The summed E-state index contributed by atoms with van der Waals surface area (Å²) in [4.78, 5) is 29.9. The first-order chi connectivity index (χ1) is 5.72. The van der Waals surface area contributed by atoms with Crippen LogP contribution in [0.1, 0.15) is 0 Å². The number of ether oxygens (including phenoxy) is 1. The van der Waals surface area contributed by atoms with E-state index >= 15 is 0 Å². The molecule has 0 atom stereocenters. The molecule has 1 amide bonds. The summed E-state index contributed by atoms with van der Waals surface area (Å²) in [6.45, 7) is 0. The lowest BCUT2D eigenvalue weighted by Crippen LogP contribution is -2.24. The Balaban J connectivity index is 2.76. The molecule has 0 aromatic carbocycles. The molecule has 1 aromatic rings. The number of hydrogen-bond acceptors (Lipinski definition) is 5. The minimum absolute atomic E-state index is 0.186. The van der Waals surface area contributed by atoms with E-state index in [4.69, 9.17) is 0 Å². The van der Waals surface area contributed by atoms with Gasteiger partial charge in [0.25, 0.3) is 0 Å². The molecular formula is C5H6N4O3. The van der Waals surface area contributed by atoms with Crippen LogP contribution in [0.3, 0.4) is 0 Å². The van der Waals surface area contributed by atoms with Crippen molar-refractivity contribution in [1.29, 1.82) is 0 Å². The highest BCUT2D eigenvalue weighted by atomic mass is 16.6. The summed E-state index contributed by atoms with van der Waals surface area (Å²) in [6.07, 6.45) is 0.293. The number of nitrogens with one attached hydrogen (secondary N) is 2. The largest absolute Gasteiger partial charge is 0.414 e. The van der Waals surface area contributed by atoms with Crippen LogP contribution in [0.4, 0.5) is 4.79 Å². The van der Waals surface area contributed by atoms with Crippen LogP contribution in [-0.4, -0.2) is 28.1 Å². The first-order valence-electron chi connectivity index (χ1n) is 3.03. The zero-order chi connectivity index (χ0) is 8.97. The van der Waals surface area contributed by atoms with Crippen LogP contribution in [0.25, 0.3) is 0 Å². The van der Waals surface area contributed by atoms with E-state index in [9.17, 15) is 9.59 Å². The van der Waals surface area contributed by atoms with E-state index in [1.807, 2.05) is 0 Å². The molecule has 0 aliphatic rings.